The summed E-state index contributed by atoms with van der Waals surface area (Å²) in [4.78, 5) is 18.9. The Morgan fingerprint density at radius 1 is 1.50 bits per heavy atom. The van der Waals surface area contributed by atoms with Crippen LogP contribution in [0.5, 0.6) is 0 Å². The molecule has 0 aliphatic heterocycles. The number of carboxylic acid groups (broad SMARTS) is 1. The third kappa shape index (κ3) is 5.99. The number of para-hydroxylation sites is 1. The van der Waals surface area contributed by atoms with Crippen LogP contribution in [-0.4, -0.2) is 21.9 Å². The second-order valence-corrected chi connectivity index (χ2v) is 3.09. The van der Waals surface area contributed by atoms with Crippen LogP contribution in [0.3, 0.4) is 0 Å². The minimum atomic E-state index is -1.14. The van der Waals surface area contributed by atoms with Crippen molar-refractivity contribution in [1.29, 1.82) is 0 Å². The van der Waals surface area contributed by atoms with Gasteiger partial charge < -0.3 is 10.8 Å². The summed E-state index contributed by atoms with van der Waals surface area (Å²) in [6, 6.07) is 6.64. The number of hydrogen-bond donors (Lipinski definition) is 3. The third-order valence-corrected chi connectivity index (χ3v) is 1.60. The van der Waals surface area contributed by atoms with Crippen LogP contribution in [0, 0.1) is 10.1 Å². The van der Waals surface area contributed by atoms with Gasteiger partial charge in [-0.2, -0.15) is 0 Å². The maximum Gasteiger partial charge on any atom is 0.361 e. The average Bonchev–Trinajstić information content (AvgIpc) is 2.18. The number of nitrogens with zero attached hydrogens (tertiary/aromatic N) is 1. The topological polar surface area (TPSA) is 106 Å². The van der Waals surface area contributed by atoms with E-state index in [4.69, 9.17) is 15.6 Å². The molecule has 16 heavy (non-hydrogen) atoms. The highest BCUT2D eigenvalue weighted by Crippen LogP contribution is 2.17. The van der Waals surface area contributed by atoms with E-state index < -0.39 is 5.30 Å². The van der Waals surface area contributed by atoms with Gasteiger partial charge in [0.1, 0.15) is 0 Å². The molecule has 0 heterocycles. The Morgan fingerprint density at radius 2 is 2.00 bits per heavy atom. The van der Waals surface area contributed by atoms with Crippen LogP contribution in [0.15, 0.2) is 24.3 Å². The molecular formula is C9H12N2O4S. The number of thiol groups is 1. The molecule has 1 rings (SSSR count). The zero-order valence-electron chi connectivity index (χ0n) is 8.37. The molecule has 0 saturated carbocycles. The van der Waals surface area contributed by atoms with Crippen LogP contribution in [0.4, 0.5) is 10.5 Å². The van der Waals surface area contributed by atoms with E-state index in [0.29, 0.717) is 18.5 Å². The highest BCUT2D eigenvalue weighted by Gasteiger charge is 2.10. The average molecular weight is 244 g/mol. The number of nitro benzene ring substituents is 1. The molecule has 0 bridgehead atoms. The Balaban J connectivity index is 0.000000487. The largest absolute Gasteiger partial charge is 0.473 e. The quantitative estimate of drug-likeness (QED) is 0.426. The van der Waals surface area contributed by atoms with Crippen LogP contribution in [0.1, 0.15) is 5.56 Å². The molecule has 3 N–H and O–H groups in total. The SMILES string of the molecule is NCCc1ccccc1[N+](=O)[O-].O=C(O)S. The third-order valence-electron chi connectivity index (χ3n) is 1.60. The van der Waals surface area contributed by atoms with Crippen molar-refractivity contribution in [3.63, 3.8) is 0 Å². The van der Waals surface area contributed by atoms with Crippen LogP contribution in [-0.2, 0) is 6.42 Å². The van der Waals surface area contributed by atoms with Crippen molar-refractivity contribution in [3.05, 3.63) is 39.9 Å². The molecule has 0 fully saturated rings. The van der Waals surface area contributed by atoms with Gasteiger partial charge in [-0.05, 0) is 13.0 Å². The monoisotopic (exact) mass is 244 g/mol. The van der Waals surface area contributed by atoms with E-state index in [1.165, 1.54) is 6.07 Å². The zero-order valence-corrected chi connectivity index (χ0v) is 9.26. The first-order valence-corrected chi connectivity index (χ1v) is 4.78. The molecule has 1 aromatic rings. The Morgan fingerprint density at radius 3 is 2.44 bits per heavy atom. The van der Waals surface area contributed by atoms with Crippen molar-refractivity contribution < 1.29 is 14.8 Å². The fourth-order valence-corrected chi connectivity index (χ4v) is 1.06. The summed E-state index contributed by atoms with van der Waals surface area (Å²) in [6.45, 7) is 0.435. The lowest BCUT2D eigenvalue weighted by molar-refractivity contribution is -0.385. The van der Waals surface area contributed by atoms with Crippen molar-refractivity contribution in [2.24, 2.45) is 5.73 Å². The predicted molar refractivity (Wildman–Crippen MR) is 62.9 cm³/mol. The summed E-state index contributed by atoms with van der Waals surface area (Å²) >= 11 is 2.88. The van der Waals surface area contributed by atoms with Gasteiger partial charge in [0.05, 0.1) is 4.92 Å². The van der Waals surface area contributed by atoms with Gasteiger partial charge >= 0.3 is 5.30 Å². The van der Waals surface area contributed by atoms with Crippen LogP contribution in [0.2, 0.25) is 0 Å². The molecule has 0 atom stereocenters. The molecule has 7 heteroatoms. The van der Waals surface area contributed by atoms with Gasteiger partial charge in [-0.3, -0.25) is 10.1 Å². The number of nitro groups is 1. The highest BCUT2D eigenvalue weighted by atomic mass is 32.1. The first-order chi connectivity index (χ1) is 7.49. The maximum atomic E-state index is 10.5. The molecule has 0 radical (unpaired) electrons. The standard InChI is InChI=1S/C8H10N2O2.CH2O2S/c9-6-5-7-3-1-2-4-8(7)10(11)12;2-1(3)4/h1-4H,5-6,9H2;4H,(H,2,3). The second-order valence-electron chi connectivity index (χ2n) is 2.71. The minimum Gasteiger partial charge on any atom is -0.473 e. The van der Waals surface area contributed by atoms with Gasteiger partial charge in [0.25, 0.3) is 5.69 Å². The van der Waals surface area contributed by atoms with Crippen molar-refractivity contribution in [2.45, 2.75) is 6.42 Å². The number of carbonyl (C=O) groups is 1. The molecule has 0 amide bonds. The van der Waals surface area contributed by atoms with Gasteiger partial charge in [-0.15, -0.1) is 0 Å². The zero-order chi connectivity index (χ0) is 12.6. The fraction of sp³-hybridized carbons (Fsp3) is 0.222. The summed E-state index contributed by atoms with van der Waals surface area (Å²) < 4.78 is 0. The molecule has 88 valence electrons. The van der Waals surface area contributed by atoms with Crippen LogP contribution < -0.4 is 5.73 Å². The molecule has 0 aromatic heterocycles. The van der Waals surface area contributed by atoms with Crippen molar-refractivity contribution >= 4 is 23.6 Å². The van der Waals surface area contributed by atoms with Crippen molar-refractivity contribution in [2.75, 3.05) is 6.54 Å². The Hall–Kier alpha value is -1.60. The smallest absolute Gasteiger partial charge is 0.361 e. The Kier molecular flexibility index (Phi) is 6.89. The minimum absolute atomic E-state index is 0.156. The van der Waals surface area contributed by atoms with Crippen molar-refractivity contribution in [3.8, 4) is 0 Å². The van der Waals surface area contributed by atoms with E-state index >= 15 is 0 Å². The molecule has 1 aromatic carbocycles. The van der Waals surface area contributed by atoms with E-state index in [2.05, 4.69) is 12.6 Å². The molecule has 0 unspecified atom stereocenters. The summed E-state index contributed by atoms with van der Waals surface area (Å²) in [5.41, 5.74) is 6.16. The maximum absolute atomic E-state index is 10.5. The normalized spacial score (nSPS) is 8.88. The Labute approximate surface area is 97.6 Å². The number of hydrogen-bond acceptors (Lipinski definition) is 4. The van der Waals surface area contributed by atoms with Gasteiger partial charge in [0.15, 0.2) is 0 Å². The molecule has 0 saturated heterocycles. The highest BCUT2D eigenvalue weighted by molar-refractivity contribution is 7.96. The summed E-state index contributed by atoms with van der Waals surface area (Å²) in [5.74, 6) is 0. The summed E-state index contributed by atoms with van der Waals surface area (Å²) in [7, 11) is 0. The predicted octanol–water partition coefficient (Wildman–Crippen LogP) is 1.69. The van der Waals surface area contributed by atoms with E-state index in [1.54, 1.807) is 18.2 Å². The molecule has 0 spiro atoms. The Bertz CT molecular complexity index is 366. The lowest BCUT2D eigenvalue weighted by Gasteiger charge is -1.98. The molecular weight excluding hydrogens is 232 g/mol. The molecule has 6 nitrogen and oxygen atoms in total. The summed E-state index contributed by atoms with van der Waals surface area (Å²) in [6.07, 6.45) is 0.553. The summed E-state index contributed by atoms with van der Waals surface area (Å²) in [5, 5.41) is 16.6. The lowest BCUT2D eigenvalue weighted by atomic mass is 10.1. The number of benzene rings is 1. The van der Waals surface area contributed by atoms with E-state index in [1.807, 2.05) is 0 Å². The number of nitrogens with two attached hydrogens (primary N) is 1. The van der Waals surface area contributed by atoms with Gasteiger partial charge in [-0.25, -0.2) is 4.79 Å². The van der Waals surface area contributed by atoms with E-state index in [-0.39, 0.29) is 10.6 Å². The van der Waals surface area contributed by atoms with Crippen LogP contribution in [0.25, 0.3) is 0 Å². The van der Waals surface area contributed by atoms with E-state index in [9.17, 15) is 10.1 Å². The van der Waals surface area contributed by atoms with Crippen LogP contribution >= 0.6 is 12.6 Å². The second kappa shape index (κ2) is 7.66. The van der Waals surface area contributed by atoms with Gasteiger partial charge in [-0.1, -0.05) is 30.8 Å². The van der Waals surface area contributed by atoms with E-state index in [0.717, 1.165) is 0 Å². The fourth-order valence-electron chi connectivity index (χ4n) is 1.06. The van der Waals surface area contributed by atoms with Crippen molar-refractivity contribution in [1.82, 2.24) is 0 Å². The molecule has 0 aliphatic carbocycles. The lowest BCUT2D eigenvalue weighted by Crippen LogP contribution is -2.04. The van der Waals surface area contributed by atoms with Gasteiger partial charge in [0.2, 0.25) is 0 Å². The molecule has 0 aliphatic rings. The number of rotatable bonds is 3. The van der Waals surface area contributed by atoms with Gasteiger partial charge in [0, 0.05) is 11.6 Å². The first-order valence-electron chi connectivity index (χ1n) is 4.33. The first kappa shape index (κ1) is 14.4.